The zero-order valence-electron chi connectivity index (χ0n) is 14.9. The number of rotatable bonds is 3. The molecule has 0 saturated carbocycles. The average Bonchev–Trinajstić information content (AvgIpc) is 2.94. The Balaban J connectivity index is 2.27. The van der Waals surface area contributed by atoms with Crippen molar-refractivity contribution in [3.05, 3.63) is 65.2 Å². The van der Waals surface area contributed by atoms with Crippen LogP contribution in [-0.4, -0.2) is 24.9 Å². The maximum atomic E-state index is 13.1. The Labute approximate surface area is 151 Å². The second-order valence-corrected chi connectivity index (χ2v) is 5.96. The van der Waals surface area contributed by atoms with Gasteiger partial charge in [0.2, 0.25) is 5.91 Å². The van der Waals surface area contributed by atoms with E-state index in [1.165, 1.54) is 20.1 Å². The summed E-state index contributed by atoms with van der Waals surface area (Å²) in [7, 11) is 1.29. The van der Waals surface area contributed by atoms with Crippen LogP contribution < -0.4 is 4.90 Å². The molecule has 2 amide bonds. The first kappa shape index (κ1) is 17.6. The monoisotopic (exact) mass is 349 g/mol. The number of carbonyl (C=O) groups is 3. The molecular weight excluding hydrogens is 330 g/mol. The lowest BCUT2D eigenvalue weighted by Crippen LogP contribution is -2.31. The highest BCUT2D eigenvalue weighted by molar-refractivity contribution is 6.43. The molecule has 0 N–H and O–H groups in total. The standard InChI is InChI=1S/C21H19NO4/c1-4-16(14-8-6-5-7-9-14)19-17-11-10-15(21(25)26-3)12-18(17)22(13(2)23)20(19)24/h5-12H,4H2,1-3H3/b19-16-. The summed E-state index contributed by atoms with van der Waals surface area (Å²) in [6.07, 6.45) is 0.634. The van der Waals surface area contributed by atoms with Gasteiger partial charge in [-0.25, -0.2) is 9.69 Å². The van der Waals surface area contributed by atoms with Crippen molar-refractivity contribution >= 4 is 34.6 Å². The molecule has 5 heteroatoms. The van der Waals surface area contributed by atoms with Crippen LogP contribution in [0.15, 0.2) is 48.5 Å². The van der Waals surface area contributed by atoms with E-state index < -0.39 is 11.9 Å². The van der Waals surface area contributed by atoms with E-state index in [0.29, 0.717) is 28.8 Å². The zero-order valence-corrected chi connectivity index (χ0v) is 14.9. The smallest absolute Gasteiger partial charge is 0.337 e. The van der Waals surface area contributed by atoms with Crippen LogP contribution in [0.3, 0.4) is 0 Å². The van der Waals surface area contributed by atoms with Crippen LogP contribution in [0.1, 0.15) is 41.8 Å². The van der Waals surface area contributed by atoms with E-state index in [0.717, 1.165) is 16.0 Å². The van der Waals surface area contributed by atoms with E-state index >= 15 is 0 Å². The molecule has 0 atom stereocenters. The topological polar surface area (TPSA) is 63.7 Å². The largest absolute Gasteiger partial charge is 0.465 e. The summed E-state index contributed by atoms with van der Waals surface area (Å²) in [5.74, 6) is -1.27. The molecule has 2 aromatic carbocycles. The van der Waals surface area contributed by atoms with Crippen LogP contribution in [0.25, 0.3) is 11.1 Å². The van der Waals surface area contributed by atoms with Crippen molar-refractivity contribution in [2.24, 2.45) is 0 Å². The van der Waals surface area contributed by atoms with Crippen LogP contribution in [0, 0.1) is 0 Å². The summed E-state index contributed by atoms with van der Waals surface area (Å²) in [6, 6.07) is 14.5. The molecule has 2 aromatic rings. The van der Waals surface area contributed by atoms with Gasteiger partial charge in [-0.2, -0.15) is 0 Å². The summed E-state index contributed by atoms with van der Waals surface area (Å²) >= 11 is 0. The van der Waals surface area contributed by atoms with Gasteiger partial charge in [-0.3, -0.25) is 9.59 Å². The number of amides is 2. The van der Waals surface area contributed by atoms with Crippen molar-refractivity contribution in [2.75, 3.05) is 12.0 Å². The van der Waals surface area contributed by atoms with Gasteiger partial charge >= 0.3 is 5.97 Å². The van der Waals surface area contributed by atoms with Crippen LogP contribution in [-0.2, 0) is 14.3 Å². The molecule has 1 aliphatic heterocycles. The number of imide groups is 1. The first-order valence-electron chi connectivity index (χ1n) is 8.35. The van der Waals surface area contributed by atoms with Crippen molar-refractivity contribution < 1.29 is 19.1 Å². The molecule has 132 valence electrons. The number of fused-ring (bicyclic) bond motifs is 1. The summed E-state index contributed by atoms with van der Waals surface area (Å²) in [6.45, 7) is 3.31. The number of hydrogen-bond donors (Lipinski definition) is 0. The van der Waals surface area contributed by atoms with Gasteiger partial charge < -0.3 is 4.74 Å². The fourth-order valence-electron chi connectivity index (χ4n) is 3.28. The first-order chi connectivity index (χ1) is 12.5. The third-order valence-electron chi connectivity index (χ3n) is 4.44. The van der Waals surface area contributed by atoms with Gasteiger partial charge in [0.15, 0.2) is 0 Å². The molecule has 0 fully saturated rings. The maximum absolute atomic E-state index is 13.1. The Morgan fingerprint density at radius 2 is 1.73 bits per heavy atom. The first-order valence-corrected chi connectivity index (χ1v) is 8.35. The third kappa shape index (κ3) is 2.81. The number of methoxy groups -OCH3 is 1. The van der Waals surface area contributed by atoms with Crippen molar-refractivity contribution in [1.82, 2.24) is 0 Å². The minimum atomic E-state index is -0.514. The summed E-state index contributed by atoms with van der Waals surface area (Å²) in [5.41, 5.74) is 3.67. The van der Waals surface area contributed by atoms with Crippen LogP contribution in [0.5, 0.6) is 0 Å². The minimum Gasteiger partial charge on any atom is -0.465 e. The second-order valence-electron chi connectivity index (χ2n) is 5.96. The molecule has 0 spiro atoms. The maximum Gasteiger partial charge on any atom is 0.337 e. The van der Waals surface area contributed by atoms with E-state index in [-0.39, 0.29) is 5.91 Å². The predicted molar refractivity (Wildman–Crippen MR) is 99.5 cm³/mol. The molecule has 1 heterocycles. The molecular formula is C21H19NO4. The van der Waals surface area contributed by atoms with E-state index in [1.54, 1.807) is 12.1 Å². The highest BCUT2D eigenvalue weighted by Gasteiger charge is 2.37. The number of ether oxygens (including phenoxy) is 1. The van der Waals surface area contributed by atoms with Gasteiger partial charge in [0.1, 0.15) is 0 Å². The van der Waals surface area contributed by atoms with E-state index in [2.05, 4.69) is 0 Å². The number of allylic oxidation sites excluding steroid dienone is 1. The van der Waals surface area contributed by atoms with Crippen molar-refractivity contribution in [2.45, 2.75) is 20.3 Å². The molecule has 0 aliphatic carbocycles. The number of benzene rings is 2. The molecule has 3 rings (SSSR count). The normalized spacial score (nSPS) is 14.9. The van der Waals surface area contributed by atoms with Gasteiger partial charge in [0, 0.05) is 12.5 Å². The quantitative estimate of drug-likeness (QED) is 0.626. The van der Waals surface area contributed by atoms with Crippen molar-refractivity contribution in [3.63, 3.8) is 0 Å². The number of hydrogen-bond acceptors (Lipinski definition) is 4. The molecule has 0 unspecified atom stereocenters. The van der Waals surface area contributed by atoms with Crippen LogP contribution in [0.2, 0.25) is 0 Å². The Bertz CT molecular complexity index is 928. The van der Waals surface area contributed by atoms with Crippen molar-refractivity contribution in [3.8, 4) is 0 Å². The van der Waals surface area contributed by atoms with E-state index in [9.17, 15) is 14.4 Å². The number of nitrogens with zero attached hydrogens (tertiary/aromatic N) is 1. The lowest BCUT2D eigenvalue weighted by atomic mass is 9.93. The predicted octanol–water partition coefficient (Wildman–Crippen LogP) is 3.69. The number of anilines is 1. The Hall–Kier alpha value is -3.21. The van der Waals surface area contributed by atoms with Crippen LogP contribution >= 0.6 is 0 Å². The molecule has 5 nitrogen and oxygen atoms in total. The third-order valence-corrected chi connectivity index (χ3v) is 4.44. The molecule has 26 heavy (non-hydrogen) atoms. The highest BCUT2D eigenvalue weighted by atomic mass is 16.5. The molecule has 0 bridgehead atoms. The molecule has 0 saturated heterocycles. The molecule has 1 aliphatic rings. The lowest BCUT2D eigenvalue weighted by molar-refractivity contribution is -0.122. The van der Waals surface area contributed by atoms with E-state index in [4.69, 9.17) is 4.74 Å². The van der Waals surface area contributed by atoms with Crippen LogP contribution in [0.4, 0.5) is 5.69 Å². The fourth-order valence-corrected chi connectivity index (χ4v) is 3.28. The fraction of sp³-hybridized carbons (Fsp3) is 0.190. The SMILES string of the molecule is CC/C(=C1/C(=O)N(C(C)=O)c2cc(C(=O)OC)ccc21)c1ccccc1. The number of esters is 1. The zero-order chi connectivity index (χ0) is 18.8. The molecule has 0 aromatic heterocycles. The summed E-state index contributed by atoms with van der Waals surface area (Å²) in [5, 5.41) is 0. The van der Waals surface area contributed by atoms with E-state index in [1.807, 2.05) is 37.3 Å². The lowest BCUT2D eigenvalue weighted by Gasteiger charge is -2.13. The highest BCUT2D eigenvalue weighted by Crippen LogP contribution is 2.42. The van der Waals surface area contributed by atoms with Crippen molar-refractivity contribution in [1.29, 1.82) is 0 Å². The van der Waals surface area contributed by atoms with Gasteiger partial charge in [0.05, 0.1) is 23.9 Å². The summed E-state index contributed by atoms with van der Waals surface area (Å²) < 4.78 is 4.74. The average molecular weight is 349 g/mol. The van der Waals surface area contributed by atoms with Gasteiger partial charge in [-0.15, -0.1) is 0 Å². The minimum absolute atomic E-state index is 0.296. The Morgan fingerprint density at radius 3 is 2.31 bits per heavy atom. The molecule has 0 radical (unpaired) electrons. The Morgan fingerprint density at radius 1 is 1.04 bits per heavy atom. The van der Waals surface area contributed by atoms with Gasteiger partial charge in [-0.1, -0.05) is 43.3 Å². The van der Waals surface area contributed by atoms with Gasteiger partial charge in [-0.05, 0) is 29.7 Å². The second kappa shape index (κ2) is 6.96. The Kier molecular flexibility index (Phi) is 4.71. The van der Waals surface area contributed by atoms with Gasteiger partial charge in [0.25, 0.3) is 5.91 Å². The number of carbonyl (C=O) groups excluding carboxylic acids is 3. The summed E-state index contributed by atoms with van der Waals surface area (Å²) in [4.78, 5) is 38.2.